The van der Waals surface area contributed by atoms with E-state index in [2.05, 4.69) is 22.4 Å². The third-order valence-electron chi connectivity index (χ3n) is 5.55. The first-order valence-electron chi connectivity index (χ1n) is 10.2. The van der Waals surface area contributed by atoms with E-state index in [9.17, 15) is 14.4 Å². The minimum Gasteiger partial charge on any atom is -0.296 e. The molecule has 0 unspecified atom stereocenters. The molecule has 2 heterocycles. The van der Waals surface area contributed by atoms with Gasteiger partial charge in [-0.15, -0.1) is 10.2 Å². The van der Waals surface area contributed by atoms with Crippen LogP contribution in [-0.4, -0.2) is 38.9 Å². The van der Waals surface area contributed by atoms with E-state index < -0.39 is 0 Å². The molecule has 0 bridgehead atoms. The van der Waals surface area contributed by atoms with Gasteiger partial charge in [-0.2, -0.15) is 0 Å². The number of anilines is 1. The van der Waals surface area contributed by atoms with Crippen molar-refractivity contribution in [3.05, 3.63) is 39.9 Å². The van der Waals surface area contributed by atoms with Crippen molar-refractivity contribution < 1.29 is 14.4 Å². The van der Waals surface area contributed by atoms with Crippen molar-refractivity contribution in [2.24, 2.45) is 0 Å². The highest BCUT2D eigenvalue weighted by molar-refractivity contribution is 7.15. The van der Waals surface area contributed by atoms with Crippen molar-refractivity contribution in [3.63, 3.8) is 0 Å². The van der Waals surface area contributed by atoms with Gasteiger partial charge in [0.2, 0.25) is 5.13 Å². The molecule has 1 N–H and O–H groups in total. The van der Waals surface area contributed by atoms with Crippen molar-refractivity contribution in [1.29, 1.82) is 0 Å². The Morgan fingerprint density at radius 2 is 1.90 bits per heavy atom. The predicted octanol–water partition coefficient (Wildman–Crippen LogP) is 4.06. The molecular weight excluding hydrogens is 388 g/mol. The van der Waals surface area contributed by atoms with Crippen molar-refractivity contribution in [2.45, 2.75) is 64.3 Å². The SMILES string of the molecule is CCCCc1nnc(NC(=O)c2ccc3c(c2)C(=O)N(C2CCCCC2)C3=O)s1. The van der Waals surface area contributed by atoms with Gasteiger partial charge in [-0.05, 0) is 37.5 Å². The van der Waals surface area contributed by atoms with E-state index in [0.717, 1.165) is 56.4 Å². The fourth-order valence-corrected chi connectivity index (χ4v) is 4.75. The van der Waals surface area contributed by atoms with Gasteiger partial charge >= 0.3 is 0 Å². The van der Waals surface area contributed by atoms with Gasteiger partial charge in [0, 0.05) is 18.0 Å². The van der Waals surface area contributed by atoms with Crippen molar-refractivity contribution >= 4 is 34.2 Å². The molecular formula is C21H24N4O3S. The number of hydrogen-bond acceptors (Lipinski definition) is 6. The molecule has 0 spiro atoms. The lowest BCUT2D eigenvalue weighted by molar-refractivity contribution is 0.0549. The van der Waals surface area contributed by atoms with Gasteiger partial charge in [0.05, 0.1) is 11.1 Å². The standard InChI is InChI=1S/C21H24N4O3S/c1-2-3-9-17-23-24-21(29-17)22-18(26)13-10-11-15-16(12-13)20(28)25(19(15)27)14-7-5-4-6-8-14/h10-12,14H,2-9H2,1H3,(H,22,24,26). The average molecular weight is 413 g/mol. The Hall–Kier alpha value is -2.61. The zero-order valence-electron chi connectivity index (χ0n) is 16.4. The summed E-state index contributed by atoms with van der Waals surface area (Å²) in [5, 5.41) is 12.2. The molecule has 152 valence electrons. The summed E-state index contributed by atoms with van der Waals surface area (Å²) >= 11 is 1.36. The fraction of sp³-hybridized carbons (Fsp3) is 0.476. The van der Waals surface area contributed by atoms with E-state index in [-0.39, 0.29) is 23.8 Å². The normalized spacial score (nSPS) is 16.9. The molecule has 1 fully saturated rings. The first-order valence-corrected chi connectivity index (χ1v) is 11.1. The van der Waals surface area contributed by atoms with Crippen LogP contribution in [0.4, 0.5) is 5.13 Å². The highest BCUT2D eigenvalue weighted by atomic mass is 32.1. The van der Waals surface area contributed by atoms with E-state index >= 15 is 0 Å². The molecule has 8 heteroatoms. The molecule has 1 saturated carbocycles. The second kappa shape index (κ2) is 8.41. The lowest BCUT2D eigenvalue weighted by Crippen LogP contribution is -2.40. The number of amides is 3. The summed E-state index contributed by atoms with van der Waals surface area (Å²) in [5.74, 6) is -0.889. The first-order chi connectivity index (χ1) is 14.1. The smallest absolute Gasteiger partial charge is 0.261 e. The summed E-state index contributed by atoms with van der Waals surface area (Å²) in [6.45, 7) is 2.11. The molecule has 2 aliphatic rings. The zero-order valence-corrected chi connectivity index (χ0v) is 17.3. The van der Waals surface area contributed by atoms with Gasteiger partial charge in [0.15, 0.2) is 0 Å². The van der Waals surface area contributed by atoms with E-state index in [1.165, 1.54) is 22.3 Å². The number of hydrogen-bond donors (Lipinski definition) is 1. The number of carbonyl (C=O) groups excluding carboxylic acids is 3. The lowest BCUT2D eigenvalue weighted by Gasteiger charge is -2.29. The van der Waals surface area contributed by atoms with Gasteiger partial charge in [-0.1, -0.05) is 43.9 Å². The number of rotatable bonds is 6. The minimum atomic E-state index is -0.359. The maximum absolute atomic E-state index is 12.9. The van der Waals surface area contributed by atoms with Gasteiger partial charge < -0.3 is 0 Å². The minimum absolute atomic E-state index is 0.0311. The topological polar surface area (TPSA) is 92.3 Å². The Balaban J connectivity index is 1.49. The Labute approximate surface area is 173 Å². The van der Waals surface area contributed by atoms with Gasteiger partial charge in [0.1, 0.15) is 5.01 Å². The average Bonchev–Trinajstić information content (AvgIpc) is 3.29. The highest BCUT2D eigenvalue weighted by Gasteiger charge is 2.40. The molecule has 0 saturated heterocycles. The molecule has 29 heavy (non-hydrogen) atoms. The summed E-state index contributed by atoms with van der Waals surface area (Å²) in [6, 6.07) is 4.66. The van der Waals surface area contributed by atoms with Crippen LogP contribution in [-0.2, 0) is 6.42 Å². The molecule has 0 atom stereocenters. The Kier molecular flexibility index (Phi) is 5.71. The second-order valence-corrected chi connectivity index (χ2v) is 8.65. The monoisotopic (exact) mass is 412 g/mol. The second-order valence-electron chi connectivity index (χ2n) is 7.59. The van der Waals surface area contributed by atoms with Crippen LogP contribution in [0.2, 0.25) is 0 Å². The van der Waals surface area contributed by atoms with Crippen LogP contribution in [0.5, 0.6) is 0 Å². The number of aryl methyl sites for hydroxylation is 1. The number of benzene rings is 1. The summed E-state index contributed by atoms with van der Waals surface area (Å²) in [5.41, 5.74) is 1.03. The Bertz CT molecular complexity index is 949. The first kappa shape index (κ1) is 19.7. The van der Waals surface area contributed by atoms with Crippen molar-refractivity contribution in [2.75, 3.05) is 5.32 Å². The number of carbonyl (C=O) groups is 3. The van der Waals surface area contributed by atoms with Crippen LogP contribution >= 0.6 is 11.3 Å². The van der Waals surface area contributed by atoms with Crippen molar-refractivity contribution in [3.8, 4) is 0 Å². The molecule has 1 aliphatic carbocycles. The van der Waals surface area contributed by atoms with Crippen LogP contribution in [0.25, 0.3) is 0 Å². The third kappa shape index (κ3) is 3.94. The fourth-order valence-electron chi connectivity index (χ4n) is 3.97. The number of nitrogens with one attached hydrogen (secondary N) is 1. The van der Waals surface area contributed by atoms with Crippen molar-refractivity contribution in [1.82, 2.24) is 15.1 Å². The number of aromatic nitrogens is 2. The maximum atomic E-state index is 12.9. The number of unbranched alkanes of at least 4 members (excludes halogenated alkanes) is 1. The predicted molar refractivity (Wildman–Crippen MR) is 110 cm³/mol. The summed E-state index contributed by atoms with van der Waals surface area (Å²) in [7, 11) is 0. The zero-order chi connectivity index (χ0) is 20.4. The summed E-state index contributed by atoms with van der Waals surface area (Å²) in [6.07, 6.45) is 7.88. The quantitative estimate of drug-likeness (QED) is 0.722. The number of fused-ring (bicyclic) bond motifs is 1. The third-order valence-corrected chi connectivity index (χ3v) is 6.45. The molecule has 0 radical (unpaired) electrons. The van der Waals surface area contributed by atoms with Gasteiger partial charge in [-0.25, -0.2) is 0 Å². The number of nitrogens with zero attached hydrogens (tertiary/aromatic N) is 3. The summed E-state index contributed by atoms with van der Waals surface area (Å²) < 4.78 is 0. The molecule has 4 rings (SSSR count). The van der Waals surface area contributed by atoms with Crippen LogP contribution in [0, 0.1) is 0 Å². The molecule has 1 aromatic heterocycles. The van der Waals surface area contributed by atoms with E-state index in [4.69, 9.17) is 0 Å². The van der Waals surface area contributed by atoms with Crippen LogP contribution in [0.15, 0.2) is 18.2 Å². The Morgan fingerprint density at radius 1 is 1.14 bits per heavy atom. The molecule has 3 amide bonds. The molecule has 1 aliphatic heterocycles. The van der Waals surface area contributed by atoms with Crippen LogP contribution in [0.1, 0.15) is 88.0 Å². The molecule has 1 aromatic carbocycles. The van der Waals surface area contributed by atoms with Crippen LogP contribution in [0.3, 0.4) is 0 Å². The largest absolute Gasteiger partial charge is 0.296 e. The number of imide groups is 1. The molecule has 2 aromatic rings. The highest BCUT2D eigenvalue weighted by Crippen LogP contribution is 2.31. The van der Waals surface area contributed by atoms with E-state index in [0.29, 0.717) is 21.8 Å². The lowest BCUT2D eigenvalue weighted by atomic mass is 9.94. The summed E-state index contributed by atoms with van der Waals surface area (Å²) in [4.78, 5) is 39.7. The van der Waals surface area contributed by atoms with E-state index in [1.54, 1.807) is 12.1 Å². The Morgan fingerprint density at radius 3 is 2.66 bits per heavy atom. The maximum Gasteiger partial charge on any atom is 0.261 e. The van der Waals surface area contributed by atoms with E-state index in [1.807, 2.05) is 0 Å². The van der Waals surface area contributed by atoms with Crippen LogP contribution < -0.4 is 5.32 Å². The molecule has 7 nitrogen and oxygen atoms in total. The van der Waals surface area contributed by atoms with Gasteiger partial charge in [-0.3, -0.25) is 24.6 Å². The van der Waals surface area contributed by atoms with Gasteiger partial charge in [0.25, 0.3) is 17.7 Å².